The molecule has 0 bridgehead atoms. The summed E-state index contributed by atoms with van der Waals surface area (Å²) in [6, 6.07) is 0. The van der Waals surface area contributed by atoms with Crippen LogP contribution < -0.4 is 5.32 Å². The van der Waals surface area contributed by atoms with E-state index in [1.165, 1.54) is 12.8 Å². The van der Waals surface area contributed by atoms with Crippen molar-refractivity contribution in [2.45, 2.75) is 148 Å². The third kappa shape index (κ3) is 35.1. The lowest BCUT2D eigenvalue weighted by Crippen LogP contribution is -2.27. The van der Waals surface area contributed by atoms with Gasteiger partial charge in [-0.15, -0.1) is 0 Å². The average Bonchev–Trinajstić information content (AvgIpc) is 3.05. The van der Waals surface area contributed by atoms with Crippen molar-refractivity contribution in [3.8, 4) is 0 Å². The standard InChI is InChI=1S/C37H66NO8P/c1-3-5-7-9-11-13-15-16-17-18-20-21-23-25-27-29-36(40)38-31-32-45-47(42,43)46-34-35(39)33-44-37(41)30-28-26-24-22-19-14-12-10-8-6-4-2/h5,7,10-13,16-17,35,39H,3-4,6,8-9,14-15,18-34H2,1-2H3,(H,38,40)(H,42,43)/b7-5-,12-10-,13-11-,17-16-. The molecular weight excluding hydrogens is 617 g/mol. The van der Waals surface area contributed by atoms with E-state index in [0.717, 1.165) is 103 Å². The number of phosphoric ester groups is 1. The molecule has 0 saturated carbocycles. The van der Waals surface area contributed by atoms with Gasteiger partial charge in [0.15, 0.2) is 0 Å². The monoisotopic (exact) mass is 683 g/mol. The Hall–Kier alpha value is -2.03. The number of carbonyl (C=O) groups is 2. The molecule has 272 valence electrons. The Morgan fingerprint density at radius 3 is 1.85 bits per heavy atom. The van der Waals surface area contributed by atoms with Gasteiger partial charge < -0.3 is 20.1 Å². The highest BCUT2D eigenvalue weighted by atomic mass is 31.2. The van der Waals surface area contributed by atoms with E-state index in [4.69, 9.17) is 13.8 Å². The summed E-state index contributed by atoms with van der Waals surface area (Å²) in [5, 5.41) is 12.6. The van der Waals surface area contributed by atoms with E-state index >= 15 is 0 Å². The number of phosphoric acid groups is 1. The number of allylic oxidation sites excluding steroid dienone is 8. The number of rotatable bonds is 33. The molecular formula is C37H66NO8P. The van der Waals surface area contributed by atoms with Crippen LogP contribution in [0.2, 0.25) is 0 Å². The van der Waals surface area contributed by atoms with E-state index in [0.29, 0.717) is 6.42 Å². The summed E-state index contributed by atoms with van der Waals surface area (Å²) >= 11 is 0. The number of esters is 1. The largest absolute Gasteiger partial charge is 0.472 e. The third-order valence-electron chi connectivity index (χ3n) is 7.24. The van der Waals surface area contributed by atoms with Crippen LogP contribution in [0.4, 0.5) is 0 Å². The number of hydrogen-bond donors (Lipinski definition) is 3. The topological polar surface area (TPSA) is 131 Å². The van der Waals surface area contributed by atoms with Crippen molar-refractivity contribution >= 4 is 19.7 Å². The van der Waals surface area contributed by atoms with Crippen LogP contribution in [0.25, 0.3) is 0 Å². The molecule has 0 aromatic heterocycles. The van der Waals surface area contributed by atoms with E-state index in [1.807, 2.05) is 0 Å². The van der Waals surface area contributed by atoms with Crippen molar-refractivity contribution in [1.29, 1.82) is 0 Å². The number of ether oxygens (including phenoxy) is 1. The van der Waals surface area contributed by atoms with Crippen LogP contribution in [0.3, 0.4) is 0 Å². The Morgan fingerprint density at radius 1 is 0.681 bits per heavy atom. The number of carbonyl (C=O) groups excluding carboxylic acids is 2. The number of nitrogens with one attached hydrogen (secondary N) is 1. The highest BCUT2D eigenvalue weighted by Gasteiger charge is 2.23. The first-order valence-electron chi connectivity index (χ1n) is 18.1. The minimum atomic E-state index is -4.41. The molecule has 2 atom stereocenters. The molecule has 0 saturated heterocycles. The van der Waals surface area contributed by atoms with Crippen LogP contribution in [0.1, 0.15) is 142 Å². The van der Waals surface area contributed by atoms with Gasteiger partial charge in [-0.05, 0) is 64.2 Å². The Balaban J connectivity index is 3.68. The molecule has 0 radical (unpaired) electrons. The van der Waals surface area contributed by atoms with Crippen LogP contribution in [0, 0.1) is 0 Å². The summed E-state index contributed by atoms with van der Waals surface area (Å²) in [5.41, 5.74) is 0. The quantitative estimate of drug-likeness (QED) is 0.0270. The fourth-order valence-electron chi connectivity index (χ4n) is 4.49. The molecule has 0 heterocycles. The number of unbranched alkanes of at least 4 members (excludes halogenated alkanes) is 12. The third-order valence-corrected chi connectivity index (χ3v) is 8.23. The molecule has 10 heteroatoms. The molecule has 3 N–H and O–H groups in total. The molecule has 0 aliphatic rings. The normalized spacial score (nSPS) is 14.0. The fraction of sp³-hybridized carbons (Fsp3) is 0.730. The minimum absolute atomic E-state index is 0.0694. The lowest BCUT2D eigenvalue weighted by molar-refractivity contribution is -0.147. The predicted molar refractivity (Wildman–Crippen MR) is 192 cm³/mol. The van der Waals surface area contributed by atoms with Crippen molar-refractivity contribution in [1.82, 2.24) is 5.32 Å². The number of amides is 1. The first-order valence-corrected chi connectivity index (χ1v) is 19.6. The summed E-state index contributed by atoms with van der Waals surface area (Å²) in [4.78, 5) is 33.7. The fourth-order valence-corrected chi connectivity index (χ4v) is 5.25. The average molecular weight is 684 g/mol. The Labute approximate surface area is 285 Å². The maximum absolute atomic E-state index is 12.0. The van der Waals surface area contributed by atoms with Crippen LogP contribution in [-0.2, 0) is 27.9 Å². The highest BCUT2D eigenvalue weighted by molar-refractivity contribution is 7.47. The Bertz CT molecular complexity index is 918. The zero-order chi connectivity index (χ0) is 34.7. The summed E-state index contributed by atoms with van der Waals surface area (Å²) in [6.45, 7) is 3.34. The lowest BCUT2D eigenvalue weighted by Gasteiger charge is -2.15. The summed E-state index contributed by atoms with van der Waals surface area (Å²) in [5.74, 6) is -0.549. The SMILES string of the molecule is CC/C=C\C/C=C\C/C=C\CCCCCCCC(=O)NCCOP(=O)(O)OCC(O)COC(=O)CCCCCCC/C=C\CCCC. The van der Waals surface area contributed by atoms with Gasteiger partial charge in [0.05, 0.1) is 13.2 Å². The molecule has 9 nitrogen and oxygen atoms in total. The zero-order valence-corrected chi connectivity index (χ0v) is 30.4. The second-order valence-electron chi connectivity index (χ2n) is 11.8. The van der Waals surface area contributed by atoms with Crippen molar-refractivity contribution in [3.05, 3.63) is 48.6 Å². The molecule has 0 aromatic carbocycles. The Morgan fingerprint density at radius 2 is 1.21 bits per heavy atom. The Kier molecular flexibility index (Phi) is 32.4. The van der Waals surface area contributed by atoms with Crippen molar-refractivity contribution in [2.75, 3.05) is 26.4 Å². The van der Waals surface area contributed by atoms with Crippen LogP contribution in [0.5, 0.6) is 0 Å². The molecule has 0 aliphatic carbocycles. The summed E-state index contributed by atoms with van der Waals surface area (Å²) in [7, 11) is -4.41. The number of aliphatic hydroxyl groups excluding tert-OH is 1. The highest BCUT2D eigenvalue weighted by Crippen LogP contribution is 2.42. The summed E-state index contributed by atoms with van der Waals surface area (Å²) < 4.78 is 26.7. The van der Waals surface area contributed by atoms with Gasteiger partial charge in [0.2, 0.25) is 5.91 Å². The smallest absolute Gasteiger partial charge is 0.463 e. The van der Waals surface area contributed by atoms with E-state index in [1.54, 1.807) is 0 Å². The van der Waals surface area contributed by atoms with Crippen LogP contribution in [0.15, 0.2) is 48.6 Å². The first kappa shape index (κ1) is 45.0. The van der Waals surface area contributed by atoms with Gasteiger partial charge in [0.1, 0.15) is 12.7 Å². The van der Waals surface area contributed by atoms with Crippen molar-refractivity contribution in [2.24, 2.45) is 0 Å². The van der Waals surface area contributed by atoms with Gasteiger partial charge in [-0.3, -0.25) is 18.6 Å². The summed E-state index contributed by atoms with van der Waals surface area (Å²) in [6.07, 6.45) is 36.1. The van der Waals surface area contributed by atoms with Crippen molar-refractivity contribution in [3.63, 3.8) is 0 Å². The van der Waals surface area contributed by atoms with Gasteiger partial charge in [0, 0.05) is 19.4 Å². The molecule has 0 spiro atoms. The zero-order valence-electron chi connectivity index (χ0n) is 29.5. The van der Waals surface area contributed by atoms with E-state index in [-0.39, 0.29) is 32.1 Å². The molecule has 0 fully saturated rings. The molecule has 2 unspecified atom stereocenters. The van der Waals surface area contributed by atoms with Crippen molar-refractivity contribution < 1.29 is 37.9 Å². The molecule has 0 rings (SSSR count). The van der Waals surface area contributed by atoms with Gasteiger partial charge in [-0.1, -0.05) is 114 Å². The minimum Gasteiger partial charge on any atom is -0.463 e. The van der Waals surface area contributed by atoms with Crippen LogP contribution in [-0.4, -0.2) is 54.3 Å². The van der Waals surface area contributed by atoms with E-state index in [9.17, 15) is 24.2 Å². The first-order chi connectivity index (χ1) is 22.8. The van der Waals surface area contributed by atoms with Gasteiger partial charge in [-0.25, -0.2) is 4.57 Å². The maximum atomic E-state index is 12.0. The van der Waals surface area contributed by atoms with E-state index < -0.39 is 26.5 Å². The van der Waals surface area contributed by atoms with Gasteiger partial charge >= 0.3 is 13.8 Å². The molecule has 1 amide bonds. The molecule has 0 aliphatic heterocycles. The molecule has 0 aromatic rings. The lowest BCUT2D eigenvalue weighted by atomic mass is 10.1. The van der Waals surface area contributed by atoms with Gasteiger partial charge in [0.25, 0.3) is 0 Å². The second-order valence-corrected chi connectivity index (χ2v) is 13.3. The molecule has 47 heavy (non-hydrogen) atoms. The predicted octanol–water partition coefficient (Wildman–Crippen LogP) is 9.21. The van der Waals surface area contributed by atoms with E-state index in [2.05, 4.69) is 67.8 Å². The maximum Gasteiger partial charge on any atom is 0.472 e. The second kappa shape index (κ2) is 33.9. The number of aliphatic hydroxyl groups is 1. The number of hydrogen-bond acceptors (Lipinski definition) is 7. The van der Waals surface area contributed by atoms with Gasteiger partial charge in [-0.2, -0.15) is 0 Å². The van der Waals surface area contributed by atoms with Crippen LogP contribution >= 0.6 is 7.82 Å².